The monoisotopic (exact) mass is 475 g/mol. The molecule has 4 aromatic rings. The van der Waals surface area contributed by atoms with Crippen LogP contribution >= 0.6 is 0 Å². The Kier molecular flexibility index (Phi) is 7.25. The number of urea groups is 1. The lowest BCUT2D eigenvalue weighted by molar-refractivity contribution is 0.251. The summed E-state index contributed by atoms with van der Waals surface area (Å²) < 4.78 is 26.3. The van der Waals surface area contributed by atoms with E-state index in [1.165, 1.54) is 12.1 Å². The Balaban J connectivity index is 1.54. The number of amides is 2. The summed E-state index contributed by atoms with van der Waals surface area (Å²) in [6.07, 6.45) is 0. The molecule has 0 bridgehead atoms. The minimum atomic E-state index is -0.392. The standard InChI is InChI=1S/C26H26FN5O3/c1-17(2)16-35-26-30-24(18-6-4-7-19(27)14-18)32(31-26)22-12-10-20(11-13-22)28-25(33)29-21-8-5-9-23(15-21)34-3/h4-15,17H,16H2,1-3H3,(H2,28,29,33). The molecule has 0 unspecified atom stereocenters. The maximum atomic E-state index is 13.9. The molecule has 4 rings (SSSR count). The van der Waals surface area contributed by atoms with Gasteiger partial charge in [-0.1, -0.05) is 32.0 Å². The van der Waals surface area contributed by atoms with Crippen LogP contribution in [0.25, 0.3) is 17.1 Å². The number of methoxy groups -OCH3 is 1. The van der Waals surface area contributed by atoms with Crippen molar-refractivity contribution >= 4 is 17.4 Å². The van der Waals surface area contributed by atoms with Crippen molar-refractivity contribution in [2.45, 2.75) is 13.8 Å². The van der Waals surface area contributed by atoms with Gasteiger partial charge < -0.3 is 20.1 Å². The summed E-state index contributed by atoms with van der Waals surface area (Å²) in [4.78, 5) is 16.9. The van der Waals surface area contributed by atoms with Gasteiger partial charge in [-0.3, -0.25) is 0 Å². The van der Waals surface area contributed by atoms with E-state index in [0.717, 1.165) is 0 Å². The van der Waals surface area contributed by atoms with E-state index < -0.39 is 6.03 Å². The Hall–Kier alpha value is -4.40. The van der Waals surface area contributed by atoms with Crippen LogP contribution in [0.15, 0.2) is 72.8 Å². The number of carbonyl (C=O) groups is 1. The fourth-order valence-corrected chi connectivity index (χ4v) is 3.27. The first-order valence-electron chi connectivity index (χ1n) is 11.1. The second-order valence-electron chi connectivity index (χ2n) is 8.20. The van der Waals surface area contributed by atoms with Crippen LogP contribution in [0, 0.1) is 11.7 Å². The van der Waals surface area contributed by atoms with Crippen LogP contribution in [0.1, 0.15) is 13.8 Å². The maximum Gasteiger partial charge on any atom is 0.336 e. The molecule has 0 aliphatic carbocycles. The van der Waals surface area contributed by atoms with Gasteiger partial charge in [-0.15, -0.1) is 5.10 Å². The lowest BCUT2D eigenvalue weighted by Gasteiger charge is -2.10. The van der Waals surface area contributed by atoms with Crippen molar-refractivity contribution in [2.24, 2.45) is 5.92 Å². The average Bonchev–Trinajstić information content (AvgIpc) is 3.28. The zero-order chi connectivity index (χ0) is 24.8. The molecule has 1 heterocycles. The van der Waals surface area contributed by atoms with E-state index in [9.17, 15) is 9.18 Å². The van der Waals surface area contributed by atoms with Crippen LogP contribution in [0.3, 0.4) is 0 Å². The zero-order valence-electron chi connectivity index (χ0n) is 19.7. The van der Waals surface area contributed by atoms with Crippen molar-refractivity contribution in [3.05, 3.63) is 78.6 Å². The van der Waals surface area contributed by atoms with Crippen LogP contribution in [-0.4, -0.2) is 34.5 Å². The van der Waals surface area contributed by atoms with Crippen LogP contribution < -0.4 is 20.1 Å². The smallest absolute Gasteiger partial charge is 0.336 e. The summed E-state index contributed by atoms with van der Waals surface area (Å²) in [5, 5.41) is 10.0. The number of halogens is 1. The summed E-state index contributed by atoms with van der Waals surface area (Å²) in [7, 11) is 1.56. The summed E-state index contributed by atoms with van der Waals surface area (Å²) in [6.45, 7) is 4.51. The molecule has 0 radical (unpaired) electrons. The van der Waals surface area contributed by atoms with E-state index in [1.807, 2.05) is 13.8 Å². The van der Waals surface area contributed by atoms with Crippen molar-refractivity contribution in [3.63, 3.8) is 0 Å². The number of hydrogen-bond donors (Lipinski definition) is 2. The Bertz CT molecular complexity index is 1300. The Morgan fingerprint density at radius 3 is 2.46 bits per heavy atom. The predicted molar refractivity (Wildman–Crippen MR) is 133 cm³/mol. The van der Waals surface area contributed by atoms with Gasteiger partial charge in [0, 0.05) is 23.0 Å². The van der Waals surface area contributed by atoms with E-state index in [4.69, 9.17) is 9.47 Å². The molecule has 0 spiro atoms. The van der Waals surface area contributed by atoms with E-state index in [-0.39, 0.29) is 11.8 Å². The predicted octanol–water partition coefficient (Wildman–Crippen LogP) is 5.76. The first-order chi connectivity index (χ1) is 16.9. The van der Waals surface area contributed by atoms with Crippen molar-refractivity contribution in [1.82, 2.24) is 14.8 Å². The Morgan fingerprint density at radius 2 is 1.74 bits per heavy atom. The number of aromatic nitrogens is 3. The third-order valence-electron chi connectivity index (χ3n) is 4.91. The third kappa shape index (κ3) is 6.14. The van der Waals surface area contributed by atoms with Crippen molar-refractivity contribution in [2.75, 3.05) is 24.4 Å². The van der Waals surface area contributed by atoms with Crippen LogP contribution in [0.2, 0.25) is 0 Å². The quantitative estimate of drug-likeness (QED) is 0.338. The lowest BCUT2D eigenvalue weighted by Crippen LogP contribution is -2.19. The number of nitrogens with zero attached hydrogens (tertiary/aromatic N) is 3. The summed E-state index contributed by atoms with van der Waals surface area (Å²) in [5.41, 5.74) is 2.43. The SMILES string of the molecule is COc1cccc(NC(=O)Nc2ccc(-n3nc(OCC(C)C)nc3-c3cccc(F)c3)cc2)c1. The van der Waals surface area contributed by atoms with Crippen molar-refractivity contribution < 1.29 is 18.7 Å². The molecule has 35 heavy (non-hydrogen) atoms. The van der Waals surface area contributed by atoms with Crippen molar-refractivity contribution in [3.8, 4) is 28.8 Å². The summed E-state index contributed by atoms with van der Waals surface area (Å²) in [5.74, 6) is 1.02. The number of ether oxygens (including phenoxy) is 2. The zero-order valence-corrected chi connectivity index (χ0v) is 19.7. The first-order valence-corrected chi connectivity index (χ1v) is 11.1. The van der Waals surface area contributed by atoms with Crippen LogP contribution in [-0.2, 0) is 0 Å². The molecular weight excluding hydrogens is 449 g/mol. The number of nitrogens with one attached hydrogen (secondary N) is 2. The number of carbonyl (C=O) groups excluding carboxylic acids is 1. The molecule has 0 fully saturated rings. The second kappa shape index (κ2) is 10.7. The van der Waals surface area contributed by atoms with Gasteiger partial charge >= 0.3 is 12.0 Å². The minimum Gasteiger partial charge on any atom is -0.497 e. The van der Waals surface area contributed by atoms with Gasteiger partial charge in [-0.2, -0.15) is 4.98 Å². The second-order valence-corrected chi connectivity index (χ2v) is 8.20. The number of benzene rings is 3. The molecule has 0 aliphatic rings. The summed E-state index contributed by atoms with van der Waals surface area (Å²) in [6, 6.07) is 20.1. The molecule has 3 aromatic carbocycles. The van der Waals surface area contributed by atoms with Crippen LogP contribution in [0.4, 0.5) is 20.6 Å². The Morgan fingerprint density at radius 1 is 1.00 bits per heavy atom. The van der Waals surface area contributed by atoms with Gasteiger partial charge in [0.25, 0.3) is 0 Å². The number of rotatable bonds is 8. The van der Waals surface area contributed by atoms with Crippen LogP contribution in [0.5, 0.6) is 11.8 Å². The molecule has 2 N–H and O–H groups in total. The molecule has 0 aliphatic heterocycles. The molecule has 2 amide bonds. The molecule has 9 heteroatoms. The molecule has 1 aromatic heterocycles. The first kappa shape index (κ1) is 23.7. The highest BCUT2D eigenvalue weighted by molar-refractivity contribution is 5.99. The fourth-order valence-electron chi connectivity index (χ4n) is 3.27. The summed E-state index contributed by atoms with van der Waals surface area (Å²) >= 11 is 0. The van der Waals surface area contributed by atoms with Gasteiger partial charge in [0.2, 0.25) is 0 Å². The maximum absolute atomic E-state index is 13.9. The average molecular weight is 476 g/mol. The number of hydrogen-bond acceptors (Lipinski definition) is 5. The molecule has 0 atom stereocenters. The fraction of sp³-hybridized carbons (Fsp3) is 0.192. The topological polar surface area (TPSA) is 90.3 Å². The third-order valence-corrected chi connectivity index (χ3v) is 4.91. The van der Waals surface area contributed by atoms with E-state index in [1.54, 1.807) is 72.5 Å². The largest absolute Gasteiger partial charge is 0.497 e. The van der Waals surface area contributed by atoms with Crippen molar-refractivity contribution in [1.29, 1.82) is 0 Å². The van der Waals surface area contributed by atoms with Gasteiger partial charge in [-0.25, -0.2) is 13.9 Å². The number of anilines is 2. The highest BCUT2D eigenvalue weighted by Crippen LogP contribution is 2.25. The highest BCUT2D eigenvalue weighted by Gasteiger charge is 2.16. The molecule has 8 nitrogen and oxygen atoms in total. The minimum absolute atomic E-state index is 0.206. The van der Waals surface area contributed by atoms with E-state index in [0.29, 0.717) is 46.7 Å². The molecule has 0 saturated carbocycles. The highest BCUT2D eigenvalue weighted by atomic mass is 19.1. The van der Waals surface area contributed by atoms with Gasteiger partial charge in [0.1, 0.15) is 11.6 Å². The molecule has 0 saturated heterocycles. The lowest BCUT2D eigenvalue weighted by atomic mass is 10.2. The van der Waals surface area contributed by atoms with Gasteiger partial charge in [0.15, 0.2) is 5.82 Å². The van der Waals surface area contributed by atoms with Gasteiger partial charge in [0.05, 0.1) is 19.4 Å². The molecule has 180 valence electrons. The molecular formula is C26H26FN5O3. The Labute approximate surface area is 202 Å². The van der Waals surface area contributed by atoms with Gasteiger partial charge in [-0.05, 0) is 54.4 Å². The normalized spacial score (nSPS) is 10.8. The van der Waals surface area contributed by atoms with E-state index >= 15 is 0 Å². The van der Waals surface area contributed by atoms with E-state index in [2.05, 4.69) is 20.7 Å².